The maximum Gasteiger partial charge on any atom is 0.158 e. The minimum atomic E-state index is 0.562. The lowest BCUT2D eigenvalue weighted by Crippen LogP contribution is -2.29. The van der Waals surface area contributed by atoms with Crippen LogP contribution in [-0.2, 0) is 16.0 Å². The number of aromatic nitrogens is 2. The fourth-order valence-corrected chi connectivity index (χ4v) is 1.66. The van der Waals surface area contributed by atoms with Gasteiger partial charge in [-0.25, -0.2) is 10.8 Å². The Labute approximate surface area is 114 Å². The summed E-state index contributed by atoms with van der Waals surface area (Å²) in [4.78, 5) is 10.7. The van der Waals surface area contributed by atoms with Crippen LogP contribution in [0.3, 0.4) is 0 Å². The summed E-state index contributed by atoms with van der Waals surface area (Å²) >= 11 is 0. The average molecular weight is 269 g/mol. The van der Waals surface area contributed by atoms with Crippen molar-refractivity contribution in [3.63, 3.8) is 0 Å². The largest absolute Gasteiger partial charge is 0.385 e. The third-order valence-corrected chi connectivity index (χ3v) is 2.67. The van der Waals surface area contributed by atoms with Crippen molar-refractivity contribution < 1.29 is 9.47 Å². The highest BCUT2D eigenvalue weighted by atomic mass is 16.5. The molecule has 0 spiro atoms. The maximum atomic E-state index is 5.25. The number of nitrogens with one attached hydrogen (secondary N) is 1. The molecule has 0 amide bonds. The summed E-state index contributed by atoms with van der Waals surface area (Å²) in [7, 11) is 3.42. The Bertz CT molecular complexity index is 333. The monoisotopic (exact) mass is 269 g/mol. The van der Waals surface area contributed by atoms with Gasteiger partial charge in [0.1, 0.15) is 0 Å². The van der Waals surface area contributed by atoms with E-state index in [1.54, 1.807) is 26.6 Å². The molecule has 7 nitrogen and oxygen atoms in total. The first kappa shape index (κ1) is 15.8. The van der Waals surface area contributed by atoms with Crippen LogP contribution in [0, 0.1) is 0 Å². The van der Waals surface area contributed by atoms with Crippen molar-refractivity contribution in [3.05, 3.63) is 18.1 Å². The van der Waals surface area contributed by atoms with Gasteiger partial charge in [0.2, 0.25) is 0 Å². The summed E-state index contributed by atoms with van der Waals surface area (Å²) in [6.07, 6.45) is 4.33. The number of nitrogens with zero attached hydrogens (tertiary/aromatic N) is 3. The van der Waals surface area contributed by atoms with Gasteiger partial charge < -0.3 is 14.9 Å². The first-order valence-electron chi connectivity index (χ1n) is 6.28. The van der Waals surface area contributed by atoms with Gasteiger partial charge in [0.25, 0.3) is 0 Å². The molecule has 0 saturated heterocycles. The summed E-state index contributed by atoms with van der Waals surface area (Å²) in [6.45, 7) is 3.99. The van der Waals surface area contributed by atoms with Gasteiger partial charge in [0.15, 0.2) is 5.82 Å². The van der Waals surface area contributed by atoms with Gasteiger partial charge >= 0.3 is 0 Å². The first-order chi connectivity index (χ1) is 9.30. The van der Waals surface area contributed by atoms with Gasteiger partial charge in [0, 0.05) is 40.5 Å². The first-order valence-corrected chi connectivity index (χ1v) is 6.28. The Morgan fingerprint density at radius 1 is 1.16 bits per heavy atom. The molecular weight excluding hydrogens is 246 g/mol. The molecule has 0 atom stereocenters. The Morgan fingerprint density at radius 3 is 2.53 bits per heavy atom. The van der Waals surface area contributed by atoms with E-state index >= 15 is 0 Å². The molecule has 0 aliphatic heterocycles. The predicted molar refractivity (Wildman–Crippen MR) is 73.5 cm³/mol. The molecule has 0 fully saturated rings. The molecule has 0 radical (unpaired) electrons. The number of ether oxygens (including phenoxy) is 2. The summed E-state index contributed by atoms with van der Waals surface area (Å²) in [6, 6.07) is 0. The second-order valence-corrected chi connectivity index (χ2v) is 4.15. The van der Waals surface area contributed by atoms with Crippen LogP contribution in [0.4, 0.5) is 5.82 Å². The smallest absolute Gasteiger partial charge is 0.158 e. The topological polar surface area (TPSA) is 85.5 Å². The lowest BCUT2D eigenvalue weighted by Gasteiger charge is -2.21. The number of nitrogen functional groups attached to an aromatic ring is 1. The maximum absolute atomic E-state index is 5.25. The van der Waals surface area contributed by atoms with E-state index in [9.17, 15) is 0 Å². The molecule has 0 bridgehead atoms. The van der Waals surface area contributed by atoms with Crippen molar-refractivity contribution in [2.24, 2.45) is 5.84 Å². The van der Waals surface area contributed by atoms with E-state index in [1.165, 1.54) is 0 Å². The molecule has 1 aromatic heterocycles. The quantitative estimate of drug-likeness (QED) is 0.357. The molecule has 3 N–H and O–H groups in total. The molecule has 1 aromatic rings. The number of anilines is 1. The molecular formula is C12H23N5O2. The van der Waals surface area contributed by atoms with Crippen LogP contribution < -0.4 is 11.3 Å². The van der Waals surface area contributed by atoms with Crippen LogP contribution in [0.15, 0.2) is 12.4 Å². The van der Waals surface area contributed by atoms with E-state index < -0.39 is 0 Å². The van der Waals surface area contributed by atoms with Gasteiger partial charge in [-0.3, -0.25) is 9.88 Å². The fraction of sp³-hybridized carbons (Fsp3) is 0.667. The molecule has 0 aromatic carbocycles. The van der Waals surface area contributed by atoms with Crippen LogP contribution in [0.1, 0.15) is 12.1 Å². The van der Waals surface area contributed by atoms with Gasteiger partial charge in [-0.15, -0.1) is 0 Å². The van der Waals surface area contributed by atoms with Crippen molar-refractivity contribution in [2.75, 3.05) is 45.9 Å². The van der Waals surface area contributed by atoms with Gasteiger partial charge in [-0.2, -0.15) is 0 Å². The number of rotatable bonds is 10. The zero-order chi connectivity index (χ0) is 13.9. The predicted octanol–water partition coefficient (Wildman–Crippen LogP) is 0.247. The lowest BCUT2D eigenvalue weighted by atomic mass is 10.3. The SMILES string of the molecule is COCCCN(CCOC)Cc1cnc(NN)cn1. The summed E-state index contributed by atoms with van der Waals surface area (Å²) in [5, 5.41) is 0. The summed E-state index contributed by atoms with van der Waals surface area (Å²) in [5.41, 5.74) is 3.37. The van der Waals surface area contributed by atoms with E-state index in [0.29, 0.717) is 12.4 Å². The van der Waals surface area contributed by atoms with Crippen LogP contribution in [-0.4, -0.2) is 55.4 Å². The van der Waals surface area contributed by atoms with E-state index in [4.69, 9.17) is 15.3 Å². The molecule has 0 saturated carbocycles. The van der Waals surface area contributed by atoms with E-state index in [0.717, 1.165) is 38.4 Å². The number of hydrogen-bond donors (Lipinski definition) is 2. The third-order valence-electron chi connectivity index (χ3n) is 2.67. The van der Waals surface area contributed by atoms with Gasteiger partial charge in [0.05, 0.1) is 24.7 Å². The van der Waals surface area contributed by atoms with E-state index in [2.05, 4.69) is 20.3 Å². The van der Waals surface area contributed by atoms with Crippen molar-refractivity contribution >= 4 is 5.82 Å². The Morgan fingerprint density at radius 2 is 1.95 bits per heavy atom. The van der Waals surface area contributed by atoms with Crippen molar-refractivity contribution in [1.82, 2.24) is 14.9 Å². The Hall–Kier alpha value is -1.28. The standard InChI is InChI=1S/C12H23N5O2/c1-18-6-3-4-17(5-7-19-2)10-11-8-15-12(16-13)9-14-11/h8-9H,3-7,10,13H2,1-2H3,(H,15,16). The average Bonchev–Trinajstić information content (AvgIpc) is 2.45. The third kappa shape index (κ3) is 6.44. The summed E-state index contributed by atoms with van der Waals surface area (Å²) in [5.74, 6) is 5.82. The zero-order valence-corrected chi connectivity index (χ0v) is 11.6. The second-order valence-electron chi connectivity index (χ2n) is 4.15. The van der Waals surface area contributed by atoms with Crippen LogP contribution in [0.2, 0.25) is 0 Å². The molecule has 0 unspecified atom stereocenters. The molecule has 7 heteroatoms. The van der Waals surface area contributed by atoms with Gasteiger partial charge in [-0.1, -0.05) is 0 Å². The number of methoxy groups -OCH3 is 2. The van der Waals surface area contributed by atoms with Crippen molar-refractivity contribution in [1.29, 1.82) is 0 Å². The molecule has 108 valence electrons. The fourth-order valence-electron chi connectivity index (χ4n) is 1.66. The lowest BCUT2D eigenvalue weighted by molar-refractivity contribution is 0.128. The van der Waals surface area contributed by atoms with Crippen molar-refractivity contribution in [3.8, 4) is 0 Å². The van der Waals surface area contributed by atoms with Crippen molar-refractivity contribution in [2.45, 2.75) is 13.0 Å². The zero-order valence-electron chi connectivity index (χ0n) is 11.6. The minimum absolute atomic E-state index is 0.562. The Kier molecular flexibility index (Phi) is 7.99. The molecule has 0 aliphatic rings. The highest BCUT2D eigenvalue weighted by Gasteiger charge is 2.07. The van der Waals surface area contributed by atoms with Gasteiger partial charge in [-0.05, 0) is 6.42 Å². The van der Waals surface area contributed by atoms with E-state index in [-0.39, 0.29) is 0 Å². The minimum Gasteiger partial charge on any atom is -0.385 e. The number of nitrogens with two attached hydrogens (primary N) is 1. The summed E-state index contributed by atoms with van der Waals surface area (Å²) < 4.78 is 10.2. The molecule has 0 aliphatic carbocycles. The van der Waals surface area contributed by atoms with E-state index in [1.807, 2.05) is 0 Å². The van der Waals surface area contributed by atoms with Crippen LogP contribution in [0.5, 0.6) is 0 Å². The molecule has 1 heterocycles. The number of hydrazine groups is 1. The normalized spacial score (nSPS) is 10.9. The highest BCUT2D eigenvalue weighted by molar-refractivity contribution is 5.28. The number of hydrogen-bond acceptors (Lipinski definition) is 7. The molecule has 1 rings (SSSR count). The van der Waals surface area contributed by atoms with Crippen LogP contribution in [0.25, 0.3) is 0 Å². The second kappa shape index (κ2) is 9.62. The molecule has 19 heavy (non-hydrogen) atoms. The van der Waals surface area contributed by atoms with Crippen LogP contribution >= 0.6 is 0 Å². The highest BCUT2D eigenvalue weighted by Crippen LogP contribution is 2.04. The Balaban J connectivity index is 2.48.